The predicted octanol–water partition coefficient (Wildman–Crippen LogP) is 5.14. The Hall–Kier alpha value is -3.23. The molecule has 0 saturated carbocycles. The van der Waals surface area contributed by atoms with Gasteiger partial charge in [0, 0.05) is 11.9 Å². The fraction of sp³-hybridized carbons (Fsp3) is 0.346. The third-order valence-electron chi connectivity index (χ3n) is 6.46. The van der Waals surface area contributed by atoms with E-state index in [9.17, 15) is 4.79 Å². The Labute approximate surface area is 202 Å². The lowest BCUT2D eigenvalue weighted by Crippen LogP contribution is -2.36. The molecule has 34 heavy (non-hydrogen) atoms. The topological polar surface area (TPSA) is 80.5 Å². The zero-order valence-corrected chi connectivity index (χ0v) is 20.4. The minimum Gasteiger partial charge on any atom is -0.497 e. The van der Waals surface area contributed by atoms with Gasteiger partial charge in [0.05, 0.1) is 30.0 Å². The maximum Gasteiger partial charge on any atom is 0.261 e. The Morgan fingerprint density at radius 2 is 1.94 bits per heavy atom. The summed E-state index contributed by atoms with van der Waals surface area (Å²) in [5, 5.41) is 4.14. The molecule has 1 amide bonds. The number of aryl methyl sites for hydroxylation is 2. The van der Waals surface area contributed by atoms with Gasteiger partial charge in [-0.15, -0.1) is 11.3 Å². The Kier molecular flexibility index (Phi) is 6.34. The van der Waals surface area contributed by atoms with Crippen LogP contribution >= 0.6 is 11.3 Å². The highest BCUT2D eigenvalue weighted by atomic mass is 32.1. The molecule has 0 spiro atoms. The minimum absolute atomic E-state index is 0.0721. The largest absolute Gasteiger partial charge is 0.497 e. The van der Waals surface area contributed by atoms with Crippen LogP contribution in [0.4, 0.5) is 0 Å². The first-order valence-electron chi connectivity index (χ1n) is 11.5. The van der Waals surface area contributed by atoms with Gasteiger partial charge >= 0.3 is 0 Å². The lowest BCUT2D eigenvalue weighted by atomic mass is 10.0. The van der Waals surface area contributed by atoms with Gasteiger partial charge in [-0.25, -0.2) is 9.97 Å². The number of hydrogen-bond donors (Lipinski definition) is 1. The number of methoxy groups -OCH3 is 1. The molecule has 7 nitrogen and oxygen atoms in total. The third-order valence-corrected chi connectivity index (χ3v) is 7.64. The van der Waals surface area contributed by atoms with Gasteiger partial charge in [0.25, 0.3) is 5.91 Å². The molecule has 176 valence electrons. The standard InChI is InChI=1S/C26H28N4O3S/c1-16-22-17(2)28-24(21-7-6-14-33-21)29-26(22)34-23(16)25(31)27-15-20(30-12-4-5-13-30)18-8-10-19(32-3)11-9-18/h6-11,14,20H,4-5,12-13,15H2,1-3H3,(H,27,31). The van der Waals surface area contributed by atoms with E-state index < -0.39 is 0 Å². The first-order chi connectivity index (χ1) is 16.5. The monoisotopic (exact) mass is 476 g/mol. The summed E-state index contributed by atoms with van der Waals surface area (Å²) in [4.78, 5) is 26.5. The van der Waals surface area contributed by atoms with E-state index in [0.717, 1.165) is 40.3 Å². The van der Waals surface area contributed by atoms with Gasteiger partial charge in [-0.3, -0.25) is 9.69 Å². The molecule has 3 aromatic heterocycles. The van der Waals surface area contributed by atoms with Crippen LogP contribution in [0.1, 0.15) is 45.4 Å². The molecule has 4 heterocycles. The van der Waals surface area contributed by atoms with Crippen molar-refractivity contribution in [2.24, 2.45) is 0 Å². The van der Waals surface area contributed by atoms with E-state index in [1.54, 1.807) is 13.4 Å². The number of nitrogens with one attached hydrogen (secondary N) is 1. The van der Waals surface area contributed by atoms with Crippen LogP contribution in [0.5, 0.6) is 5.75 Å². The van der Waals surface area contributed by atoms with E-state index in [-0.39, 0.29) is 11.9 Å². The second-order valence-electron chi connectivity index (χ2n) is 8.59. The van der Waals surface area contributed by atoms with Crippen molar-refractivity contribution in [2.75, 3.05) is 26.7 Å². The van der Waals surface area contributed by atoms with Crippen LogP contribution in [-0.2, 0) is 0 Å². The van der Waals surface area contributed by atoms with E-state index in [4.69, 9.17) is 9.15 Å². The summed E-state index contributed by atoms with van der Waals surface area (Å²) >= 11 is 1.41. The number of nitrogens with zero attached hydrogens (tertiary/aromatic N) is 3. The summed E-state index contributed by atoms with van der Waals surface area (Å²) in [5.74, 6) is 1.92. The van der Waals surface area contributed by atoms with Crippen molar-refractivity contribution < 1.29 is 13.9 Å². The number of likely N-dealkylation sites (tertiary alicyclic amines) is 1. The number of carbonyl (C=O) groups is 1. The summed E-state index contributed by atoms with van der Waals surface area (Å²) in [6.45, 7) is 6.54. The van der Waals surface area contributed by atoms with Crippen LogP contribution in [0.15, 0.2) is 47.1 Å². The number of hydrogen-bond acceptors (Lipinski definition) is 7. The Balaban J connectivity index is 1.39. The number of ether oxygens (including phenoxy) is 1. The van der Waals surface area contributed by atoms with Crippen molar-refractivity contribution in [3.63, 3.8) is 0 Å². The molecule has 0 radical (unpaired) electrons. The smallest absolute Gasteiger partial charge is 0.261 e. The number of fused-ring (bicyclic) bond motifs is 1. The van der Waals surface area contributed by atoms with Gasteiger partial charge < -0.3 is 14.5 Å². The van der Waals surface area contributed by atoms with Crippen molar-refractivity contribution in [3.05, 3.63) is 64.4 Å². The molecule has 0 bridgehead atoms. The van der Waals surface area contributed by atoms with E-state index in [0.29, 0.717) is 23.0 Å². The van der Waals surface area contributed by atoms with Crippen LogP contribution in [-0.4, -0.2) is 47.5 Å². The van der Waals surface area contributed by atoms with Crippen molar-refractivity contribution in [3.8, 4) is 17.3 Å². The van der Waals surface area contributed by atoms with E-state index in [2.05, 4.69) is 32.3 Å². The van der Waals surface area contributed by atoms with Crippen LogP contribution in [0.3, 0.4) is 0 Å². The van der Waals surface area contributed by atoms with Crippen LogP contribution in [0.2, 0.25) is 0 Å². The van der Waals surface area contributed by atoms with Crippen molar-refractivity contribution in [2.45, 2.75) is 32.7 Å². The second kappa shape index (κ2) is 9.56. The Morgan fingerprint density at radius 3 is 2.62 bits per heavy atom. The van der Waals surface area contributed by atoms with Gasteiger partial charge in [-0.1, -0.05) is 12.1 Å². The highest BCUT2D eigenvalue weighted by molar-refractivity contribution is 7.20. The van der Waals surface area contributed by atoms with E-state index in [1.807, 2.05) is 38.1 Å². The maximum absolute atomic E-state index is 13.3. The van der Waals surface area contributed by atoms with Crippen molar-refractivity contribution in [1.82, 2.24) is 20.2 Å². The summed E-state index contributed by atoms with van der Waals surface area (Å²) < 4.78 is 10.8. The molecule has 1 atom stereocenters. The molecule has 4 aromatic rings. The fourth-order valence-electron chi connectivity index (χ4n) is 4.68. The molecule has 1 saturated heterocycles. The van der Waals surface area contributed by atoms with Crippen LogP contribution in [0, 0.1) is 13.8 Å². The van der Waals surface area contributed by atoms with Crippen molar-refractivity contribution in [1.29, 1.82) is 0 Å². The second-order valence-corrected chi connectivity index (χ2v) is 9.59. The third kappa shape index (κ3) is 4.31. The highest BCUT2D eigenvalue weighted by Crippen LogP contribution is 2.33. The number of furan rings is 1. The Morgan fingerprint density at radius 1 is 1.18 bits per heavy atom. The molecule has 1 N–H and O–H groups in total. The van der Waals surface area contributed by atoms with Gasteiger partial charge in [0.15, 0.2) is 11.6 Å². The Bertz CT molecular complexity index is 1290. The average Bonchev–Trinajstić information content (AvgIpc) is 3.61. The number of aromatic nitrogens is 2. The van der Waals surface area contributed by atoms with E-state index >= 15 is 0 Å². The quantitative estimate of drug-likeness (QED) is 0.398. The number of thiophene rings is 1. The number of rotatable bonds is 7. The molecule has 1 unspecified atom stereocenters. The summed E-state index contributed by atoms with van der Waals surface area (Å²) in [6.07, 6.45) is 3.98. The molecule has 1 aromatic carbocycles. The molecule has 1 fully saturated rings. The molecule has 8 heteroatoms. The molecule has 1 aliphatic heterocycles. The highest BCUT2D eigenvalue weighted by Gasteiger charge is 2.26. The summed E-state index contributed by atoms with van der Waals surface area (Å²) in [7, 11) is 1.67. The first kappa shape index (κ1) is 22.6. The number of benzene rings is 1. The van der Waals surface area contributed by atoms with Gasteiger partial charge in [-0.05, 0) is 75.2 Å². The van der Waals surface area contributed by atoms with Gasteiger partial charge in [0.1, 0.15) is 10.6 Å². The van der Waals surface area contributed by atoms with Crippen molar-refractivity contribution >= 4 is 27.5 Å². The zero-order chi connectivity index (χ0) is 23.7. The van der Waals surface area contributed by atoms with Gasteiger partial charge in [-0.2, -0.15) is 0 Å². The fourth-order valence-corrected chi connectivity index (χ4v) is 5.83. The maximum atomic E-state index is 13.3. The molecular formula is C26H28N4O3S. The lowest BCUT2D eigenvalue weighted by Gasteiger charge is -2.28. The van der Waals surface area contributed by atoms with E-state index in [1.165, 1.54) is 29.7 Å². The normalized spacial score (nSPS) is 15.0. The first-order valence-corrected chi connectivity index (χ1v) is 12.3. The molecule has 0 aliphatic carbocycles. The SMILES string of the molecule is COc1ccc(C(CNC(=O)c2sc3nc(-c4ccco4)nc(C)c3c2C)N2CCCC2)cc1. The number of carbonyl (C=O) groups excluding carboxylic acids is 1. The van der Waals surface area contributed by atoms with Crippen LogP contribution in [0.25, 0.3) is 21.8 Å². The average molecular weight is 477 g/mol. The molecule has 5 rings (SSSR count). The summed E-state index contributed by atoms with van der Waals surface area (Å²) in [5.41, 5.74) is 2.95. The lowest BCUT2D eigenvalue weighted by molar-refractivity contribution is 0.0941. The molecular weight excluding hydrogens is 448 g/mol. The van der Waals surface area contributed by atoms with Crippen LogP contribution < -0.4 is 10.1 Å². The predicted molar refractivity (Wildman–Crippen MR) is 133 cm³/mol. The zero-order valence-electron chi connectivity index (χ0n) is 19.6. The molecule has 1 aliphatic rings. The minimum atomic E-state index is -0.0721. The summed E-state index contributed by atoms with van der Waals surface area (Å²) in [6, 6.07) is 11.9. The van der Waals surface area contributed by atoms with Gasteiger partial charge in [0.2, 0.25) is 0 Å². The number of amides is 1.